The van der Waals surface area contributed by atoms with Gasteiger partial charge >= 0.3 is 0 Å². The van der Waals surface area contributed by atoms with E-state index in [-0.39, 0.29) is 11.8 Å². The Hall–Kier alpha value is -1.51. The molecule has 0 spiro atoms. The number of carbonyl (C=O) groups excluding carboxylic acids is 1. The van der Waals surface area contributed by atoms with E-state index in [0.717, 1.165) is 30.7 Å². The Morgan fingerprint density at radius 1 is 1.40 bits per heavy atom. The molecule has 1 amide bonds. The number of benzene rings is 1. The zero-order chi connectivity index (χ0) is 10.7. The van der Waals surface area contributed by atoms with Crippen LogP contribution < -0.4 is 10.1 Å². The van der Waals surface area contributed by atoms with Crippen molar-refractivity contribution in [2.24, 2.45) is 0 Å². The van der Waals surface area contributed by atoms with Gasteiger partial charge in [-0.2, -0.15) is 0 Å². The van der Waals surface area contributed by atoms with Gasteiger partial charge in [0.05, 0.1) is 13.0 Å². The fourth-order valence-electron chi connectivity index (χ4n) is 2.02. The van der Waals surface area contributed by atoms with Gasteiger partial charge in [-0.1, -0.05) is 18.2 Å². The van der Waals surface area contributed by atoms with Crippen molar-refractivity contribution < 1.29 is 9.53 Å². The lowest BCUT2D eigenvalue weighted by Crippen LogP contribution is -2.35. The highest BCUT2D eigenvalue weighted by Crippen LogP contribution is 2.31. The summed E-state index contributed by atoms with van der Waals surface area (Å²) in [6.45, 7) is 0.796. The molecule has 15 heavy (non-hydrogen) atoms. The first-order valence-corrected chi connectivity index (χ1v) is 5.23. The zero-order valence-electron chi connectivity index (χ0n) is 8.82. The molecule has 1 atom stereocenters. The zero-order valence-corrected chi connectivity index (χ0v) is 8.82. The number of hydrogen-bond acceptors (Lipinski definition) is 2. The molecular weight excluding hydrogens is 190 g/mol. The number of piperidine rings is 1. The first kappa shape index (κ1) is 10.0. The van der Waals surface area contributed by atoms with Crippen LogP contribution in [0.25, 0.3) is 0 Å². The summed E-state index contributed by atoms with van der Waals surface area (Å²) in [7, 11) is 1.64. The van der Waals surface area contributed by atoms with Crippen molar-refractivity contribution in [3.05, 3.63) is 29.8 Å². The van der Waals surface area contributed by atoms with Gasteiger partial charge in [-0.15, -0.1) is 0 Å². The lowest BCUT2D eigenvalue weighted by atomic mass is 9.90. The fourth-order valence-corrected chi connectivity index (χ4v) is 2.02. The summed E-state index contributed by atoms with van der Waals surface area (Å²) in [5, 5.41) is 2.89. The highest BCUT2D eigenvalue weighted by atomic mass is 16.5. The molecule has 3 heteroatoms. The van der Waals surface area contributed by atoms with E-state index in [1.165, 1.54) is 0 Å². The number of methoxy groups -OCH3 is 1. The average molecular weight is 205 g/mol. The van der Waals surface area contributed by atoms with Crippen LogP contribution in [0.4, 0.5) is 0 Å². The van der Waals surface area contributed by atoms with E-state index in [4.69, 9.17) is 4.74 Å². The van der Waals surface area contributed by atoms with Crippen molar-refractivity contribution in [3.63, 3.8) is 0 Å². The minimum Gasteiger partial charge on any atom is -0.496 e. The Balaban J connectivity index is 2.30. The molecule has 1 aromatic carbocycles. The first-order chi connectivity index (χ1) is 7.33. The standard InChI is InChI=1S/C12H15NO2/c1-15-11-7-3-2-5-9(11)10-6-4-8-13-12(10)14/h2-3,5,7,10H,4,6,8H2,1H3,(H,13,14). The number of para-hydroxylation sites is 1. The smallest absolute Gasteiger partial charge is 0.227 e. The molecule has 0 aliphatic carbocycles. The maximum absolute atomic E-state index is 11.7. The molecule has 80 valence electrons. The van der Waals surface area contributed by atoms with Crippen LogP contribution in [0, 0.1) is 0 Å². The second kappa shape index (κ2) is 4.34. The van der Waals surface area contributed by atoms with Crippen LogP contribution in [0.5, 0.6) is 5.75 Å². The van der Waals surface area contributed by atoms with Gasteiger partial charge in [0.15, 0.2) is 0 Å². The van der Waals surface area contributed by atoms with Gasteiger partial charge < -0.3 is 10.1 Å². The van der Waals surface area contributed by atoms with Gasteiger partial charge in [0.2, 0.25) is 5.91 Å². The van der Waals surface area contributed by atoms with Crippen LogP contribution in [0.1, 0.15) is 24.3 Å². The number of hydrogen-bond donors (Lipinski definition) is 1. The van der Waals surface area contributed by atoms with Gasteiger partial charge in [0.25, 0.3) is 0 Å². The SMILES string of the molecule is COc1ccccc1C1CCCNC1=O. The van der Waals surface area contributed by atoms with Gasteiger partial charge in [-0.25, -0.2) is 0 Å². The topological polar surface area (TPSA) is 38.3 Å². The quantitative estimate of drug-likeness (QED) is 0.797. The maximum Gasteiger partial charge on any atom is 0.227 e. The third kappa shape index (κ3) is 1.96. The summed E-state index contributed by atoms with van der Waals surface area (Å²) >= 11 is 0. The molecule has 1 unspecified atom stereocenters. The molecule has 0 aromatic heterocycles. The molecule has 1 aliphatic heterocycles. The minimum absolute atomic E-state index is 0.0464. The average Bonchev–Trinajstić information content (AvgIpc) is 2.30. The van der Waals surface area contributed by atoms with Crippen LogP contribution in [-0.2, 0) is 4.79 Å². The van der Waals surface area contributed by atoms with Crippen LogP contribution in [0.15, 0.2) is 24.3 Å². The van der Waals surface area contributed by atoms with E-state index in [1.54, 1.807) is 7.11 Å². The van der Waals surface area contributed by atoms with E-state index in [1.807, 2.05) is 24.3 Å². The van der Waals surface area contributed by atoms with Crippen LogP contribution >= 0.6 is 0 Å². The Labute approximate surface area is 89.4 Å². The highest BCUT2D eigenvalue weighted by Gasteiger charge is 2.25. The van der Waals surface area contributed by atoms with E-state index >= 15 is 0 Å². The van der Waals surface area contributed by atoms with Crippen molar-refractivity contribution in [2.75, 3.05) is 13.7 Å². The van der Waals surface area contributed by atoms with Crippen molar-refractivity contribution >= 4 is 5.91 Å². The van der Waals surface area contributed by atoms with Crippen LogP contribution in [-0.4, -0.2) is 19.6 Å². The fraction of sp³-hybridized carbons (Fsp3) is 0.417. The van der Waals surface area contributed by atoms with E-state index in [0.29, 0.717) is 0 Å². The van der Waals surface area contributed by atoms with Crippen molar-refractivity contribution in [1.29, 1.82) is 0 Å². The molecule has 1 aromatic rings. The summed E-state index contributed by atoms with van der Waals surface area (Å²) < 4.78 is 5.27. The van der Waals surface area contributed by atoms with Crippen molar-refractivity contribution in [3.8, 4) is 5.75 Å². The summed E-state index contributed by atoms with van der Waals surface area (Å²) in [4.78, 5) is 11.7. The molecule has 2 rings (SSSR count). The predicted molar refractivity (Wildman–Crippen MR) is 58.0 cm³/mol. The largest absolute Gasteiger partial charge is 0.496 e. The molecule has 1 aliphatic rings. The van der Waals surface area contributed by atoms with E-state index < -0.39 is 0 Å². The Kier molecular flexibility index (Phi) is 2.90. The predicted octanol–water partition coefficient (Wildman–Crippen LogP) is 1.69. The normalized spacial score (nSPS) is 20.9. The van der Waals surface area contributed by atoms with Gasteiger partial charge in [0, 0.05) is 12.1 Å². The molecule has 1 fully saturated rings. The number of rotatable bonds is 2. The molecular formula is C12H15NO2. The third-order valence-corrected chi connectivity index (χ3v) is 2.80. The molecule has 0 bridgehead atoms. The Bertz CT molecular complexity index is 362. The summed E-state index contributed by atoms with van der Waals surface area (Å²) in [6.07, 6.45) is 1.95. The molecule has 1 heterocycles. The molecule has 0 saturated carbocycles. The number of nitrogens with one attached hydrogen (secondary N) is 1. The third-order valence-electron chi connectivity index (χ3n) is 2.80. The lowest BCUT2D eigenvalue weighted by molar-refractivity contribution is -0.123. The second-order valence-corrected chi connectivity index (χ2v) is 3.73. The number of amides is 1. The molecule has 0 radical (unpaired) electrons. The second-order valence-electron chi connectivity index (χ2n) is 3.73. The van der Waals surface area contributed by atoms with Crippen LogP contribution in [0.3, 0.4) is 0 Å². The summed E-state index contributed by atoms with van der Waals surface area (Å²) in [5.74, 6) is 0.875. The van der Waals surface area contributed by atoms with Crippen LogP contribution in [0.2, 0.25) is 0 Å². The first-order valence-electron chi connectivity index (χ1n) is 5.23. The van der Waals surface area contributed by atoms with E-state index in [9.17, 15) is 4.79 Å². The molecule has 3 nitrogen and oxygen atoms in total. The highest BCUT2D eigenvalue weighted by molar-refractivity contribution is 5.85. The molecule has 1 N–H and O–H groups in total. The van der Waals surface area contributed by atoms with Gasteiger partial charge in [0.1, 0.15) is 5.75 Å². The summed E-state index contributed by atoms with van der Waals surface area (Å²) in [5.41, 5.74) is 0.997. The monoisotopic (exact) mass is 205 g/mol. The van der Waals surface area contributed by atoms with E-state index in [2.05, 4.69) is 5.32 Å². The number of ether oxygens (including phenoxy) is 1. The van der Waals surface area contributed by atoms with Gasteiger partial charge in [-0.05, 0) is 18.9 Å². The Morgan fingerprint density at radius 2 is 2.20 bits per heavy atom. The Morgan fingerprint density at radius 3 is 2.93 bits per heavy atom. The van der Waals surface area contributed by atoms with Crippen molar-refractivity contribution in [1.82, 2.24) is 5.32 Å². The lowest BCUT2D eigenvalue weighted by Gasteiger charge is -2.23. The number of carbonyl (C=O) groups is 1. The summed E-state index contributed by atoms with van der Waals surface area (Å²) in [6, 6.07) is 7.73. The van der Waals surface area contributed by atoms with Gasteiger partial charge in [-0.3, -0.25) is 4.79 Å². The maximum atomic E-state index is 11.7. The molecule has 1 saturated heterocycles. The van der Waals surface area contributed by atoms with Crippen molar-refractivity contribution in [2.45, 2.75) is 18.8 Å². The minimum atomic E-state index is -0.0464.